The van der Waals surface area contributed by atoms with Crippen molar-refractivity contribution in [2.24, 2.45) is 0 Å². The first-order valence-electron chi connectivity index (χ1n) is 12.4. The fourth-order valence-electron chi connectivity index (χ4n) is 4.55. The first-order chi connectivity index (χ1) is 19.4. The maximum Gasteiger partial charge on any atom is 0.125 e. The van der Waals surface area contributed by atoms with Gasteiger partial charge in [0.1, 0.15) is 21.6 Å². The Morgan fingerprint density at radius 1 is 0.675 bits per heavy atom. The average Bonchev–Trinajstić information content (AvgIpc) is 3.53. The smallest absolute Gasteiger partial charge is 0.125 e. The molecule has 8 heteroatoms. The number of halogens is 4. The molecule has 0 fully saturated rings. The van der Waals surface area contributed by atoms with Gasteiger partial charge in [0.05, 0.1) is 26.2 Å². The number of aromatic nitrogens is 2. The van der Waals surface area contributed by atoms with Gasteiger partial charge in [-0.3, -0.25) is 0 Å². The standard InChI is InChI=1S/C32H20Cl2F2N2S2/c1-18-29(39-32(37-18)26-7-2-3-8-27(26)34)25-14-13-24(36)16-21(25)17-28-30(19-9-11-23(35)12-10-19)40-31(38-28)20-5-4-6-22(33)15-20/h2-16H,17H2,1H3. The minimum absolute atomic E-state index is 0.313. The zero-order valence-electron chi connectivity index (χ0n) is 21.1. The first kappa shape index (κ1) is 26.8. The van der Waals surface area contributed by atoms with Crippen molar-refractivity contribution in [1.29, 1.82) is 0 Å². The highest BCUT2D eigenvalue weighted by Gasteiger charge is 2.20. The van der Waals surface area contributed by atoms with Crippen molar-refractivity contribution < 1.29 is 8.78 Å². The molecule has 0 radical (unpaired) electrons. The summed E-state index contributed by atoms with van der Waals surface area (Å²) in [5.74, 6) is -0.645. The van der Waals surface area contributed by atoms with Crippen molar-refractivity contribution in [1.82, 2.24) is 9.97 Å². The Morgan fingerprint density at radius 2 is 1.43 bits per heavy atom. The van der Waals surface area contributed by atoms with Crippen LogP contribution in [0.4, 0.5) is 8.78 Å². The monoisotopic (exact) mass is 604 g/mol. The SMILES string of the molecule is Cc1nc(-c2ccccc2Cl)sc1-c1ccc(F)cc1Cc1nc(-c2cccc(Cl)c2)sc1-c1ccc(F)cc1. The molecule has 2 nitrogen and oxygen atoms in total. The normalized spacial score (nSPS) is 11.2. The third kappa shape index (κ3) is 5.45. The largest absolute Gasteiger partial charge is 0.241 e. The van der Waals surface area contributed by atoms with E-state index in [2.05, 4.69) is 0 Å². The number of thiazole rings is 2. The summed E-state index contributed by atoms with van der Waals surface area (Å²) in [6, 6.07) is 26.3. The van der Waals surface area contributed by atoms with Crippen LogP contribution in [0.5, 0.6) is 0 Å². The first-order valence-corrected chi connectivity index (χ1v) is 14.8. The Balaban J connectivity index is 1.46. The minimum Gasteiger partial charge on any atom is -0.241 e. The quantitative estimate of drug-likeness (QED) is 0.189. The number of hydrogen-bond donors (Lipinski definition) is 0. The Bertz CT molecular complexity index is 1840. The fourth-order valence-corrected chi connectivity index (χ4v) is 7.27. The maximum atomic E-state index is 14.7. The van der Waals surface area contributed by atoms with Crippen LogP contribution in [0, 0.1) is 18.6 Å². The van der Waals surface area contributed by atoms with Crippen molar-refractivity contribution in [2.75, 3.05) is 0 Å². The highest BCUT2D eigenvalue weighted by atomic mass is 35.5. The lowest BCUT2D eigenvalue weighted by molar-refractivity contribution is 0.626. The molecule has 0 bridgehead atoms. The van der Waals surface area contributed by atoms with Crippen molar-refractivity contribution in [2.45, 2.75) is 13.3 Å². The van der Waals surface area contributed by atoms with Gasteiger partial charge in [0.25, 0.3) is 0 Å². The van der Waals surface area contributed by atoms with Crippen LogP contribution >= 0.6 is 45.9 Å². The number of aryl methyl sites for hydroxylation is 1. The molecule has 0 unspecified atom stereocenters. The summed E-state index contributed by atoms with van der Waals surface area (Å²) < 4.78 is 28.4. The van der Waals surface area contributed by atoms with Crippen molar-refractivity contribution >= 4 is 45.9 Å². The van der Waals surface area contributed by atoms with Crippen LogP contribution in [-0.2, 0) is 6.42 Å². The summed E-state index contributed by atoms with van der Waals surface area (Å²) in [6.07, 6.45) is 0.371. The average molecular weight is 606 g/mol. The van der Waals surface area contributed by atoms with Crippen LogP contribution < -0.4 is 0 Å². The van der Waals surface area contributed by atoms with E-state index in [9.17, 15) is 8.78 Å². The van der Waals surface area contributed by atoms with E-state index in [0.29, 0.717) is 16.5 Å². The number of hydrogen-bond acceptors (Lipinski definition) is 4. The second kappa shape index (κ2) is 11.2. The van der Waals surface area contributed by atoms with Crippen LogP contribution in [0.3, 0.4) is 0 Å². The third-order valence-electron chi connectivity index (χ3n) is 6.45. The molecule has 198 valence electrons. The lowest BCUT2D eigenvalue weighted by atomic mass is 9.99. The van der Waals surface area contributed by atoms with E-state index in [1.165, 1.54) is 40.9 Å². The molecule has 0 amide bonds. The molecule has 0 saturated carbocycles. The second-order valence-corrected chi connectivity index (χ2v) is 12.0. The van der Waals surface area contributed by atoms with E-state index in [1.807, 2.05) is 55.5 Å². The zero-order valence-corrected chi connectivity index (χ0v) is 24.2. The summed E-state index contributed by atoms with van der Waals surface area (Å²) in [5.41, 5.74) is 5.86. The van der Waals surface area contributed by atoms with Crippen LogP contribution in [0.15, 0.2) is 91.0 Å². The highest BCUT2D eigenvalue weighted by molar-refractivity contribution is 7.19. The van der Waals surface area contributed by atoms with Crippen LogP contribution in [0.1, 0.15) is 17.0 Å². The van der Waals surface area contributed by atoms with Gasteiger partial charge < -0.3 is 0 Å². The molecule has 0 atom stereocenters. The van der Waals surface area contributed by atoms with Crippen molar-refractivity contribution in [3.05, 3.63) is 130 Å². The molecular formula is C32H20Cl2F2N2S2. The maximum absolute atomic E-state index is 14.7. The molecule has 40 heavy (non-hydrogen) atoms. The summed E-state index contributed by atoms with van der Waals surface area (Å²) >= 11 is 15.7. The summed E-state index contributed by atoms with van der Waals surface area (Å²) in [6.45, 7) is 1.95. The van der Waals surface area contributed by atoms with Gasteiger partial charge in [-0.25, -0.2) is 18.7 Å². The van der Waals surface area contributed by atoms with Crippen LogP contribution in [-0.4, -0.2) is 9.97 Å². The molecule has 4 aromatic carbocycles. The molecule has 0 aliphatic carbocycles. The van der Waals surface area contributed by atoms with E-state index in [-0.39, 0.29) is 11.6 Å². The summed E-state index contributed by atoms with van der Waals surface area (Å²) in [5, 5.41) is 2.82. The summed E-state index contributed by atoms with van der Waals surface area (Å²) in [7, 11) is 0. The van der Waals surface area contributed by atoms with Gasteiger partial charge in [-0.05, 0) is 66.1 Å². The molecule has 0 aliphatic rings. The minimum atomic E-state index is -0.333. The van der Waals surface area contributed by atoms with Crippen molar-refractivity contribution in [3.8, 4) is 42.0 Å². The molecule has 0 saturated heterocycles. The molecule has 0 spiro atoms. The van der Waals surface area contributed by atoms with Gasteiger partial charge in [0.15, 0.2) is 0 Å². The van der Waals surface area contributed by atoms with Crippen LogP contribution in [0.2, 0.25) is 10.0 Å². The molecule has 6 aromatic rings. The molecular weight excluding hydrogens is 585 g/mol. The molecule has 0 N–H and O–H groups in total. The lowest BCUT2D eigenvalue weighted by Gasteiger charge is -2.10. The van der Waals surface area contributed by atoms with Gasteiger partial charge in [0.2, 0.25) is 0 Å². The Labute approximate surface area is 248 Å². The fraction of sp³-hybridized carbons (Fsp3) is 0.0625. The predicted octanol–water partition coefficient (Wildman–Crippen LogP) is 10.8. The lowest BCUT2D eigenvalue weighted by Crippen LogP contribution is -1.96. The van der Waals surface area contributed by atoms with Gasteiger partial charge in [0, 0.05) is 22.6 Å². The van der Waals surface area contributed by atoms with Gasteiger partial charge >= 0.3 is 0 Å². The number of rotatable bonds is 6. The molecule has 0 aliphatic heterocycles. The van der Waals surface area contributed by atoms with E-state index >= 15 is 0 Å². The van der Waals surface area contributed by atoms with E-state index in [0.717, 1.165) is 59.0 Å². The summed E-state index contributed by atoms with van der Waals surface area (Å²) in [4.78, 5) is 11.6. The molecule has 2 heterocycles. The Kier molecular flexibility index (Phi) is 7.51. The van der Waals surface area contributed by atoms with Gasteiger partial charge in [-0.15, -0.1) is 22.7 Å². The van der Waals surface area contributed by atoms with Crippen molar-refractivity contribution in [3.63, 3.8) is 0 Å². The number of benzene rings is 4. The predicted molar refractivity (Wildman–Crippen MR) is 163 cm³/mol. The zero-order chi connectivity index (χ0) is 27.8. The molecule has 6 rings (SSSR count). The highest BCUT2D eigenvalue weighted by Crippen LogP contribution is 2.42. The second-order valence-electron chi connectivity index (χ2n) is 9.20. The van der Waals surface area contributed by atoms with Gasteiger partial charge in [-0.1, -0.05) is 71.7 Å². The van der Waals surface area contributed by atoms with Gasteiger partial charge in [-0.2, -0.15) is 0 Å². The van der Waals surface area contributed by atoms with E-state index < -0.39 is 0 Å². The third-order valence-corrected chi connectivity index (χ3v) is 9.43. The Morgan fingerprint density at radius 3 is 2.20 bits per heavy atom. The van der Waals surface area contributed by atoms with Crippen LogP contribution in [0.25, 0.3) is 42.0 Å². The van der Waals surface area contributed by atoms with E-state index in [1.54, 1.807) is 24.3 Å². The Hall–Kier alpha value is -3.42. The topological polar surface area (TPSA) is 25.8 Å². The number of nitrogens with zero attached hydrogens (tertiary/aromatic N) is 2. The molecule has 2 aromatic heterocycles. The van der Waals surface area contributed by atoms with E-state index in [4.69, 9.17) is 33.2 Å².